The quantitative estimate of drug-likeness (QED) is 0.403. The predicted octanol–water partition coefficient (Wildman–Crippen LogP) is 4.68. The van der Waals surface area contributed by atoms with Crippen molar-refractivity contribution in [1.82, 2.24) is 30.5 Å². The summed E-state index contributed by atoms with van der Waals surface area (Å²) in [5, 5.41) is 11.9. The number of nitrogens with zero attached hydrogens (tertiary/aromatic N) is 3. The molecule has 6 rings (SSSR count). The average Bonchev–Trinajstić information content (AvgIpc) is 3.43. The van der Waals surface area contributed by atoms with Crippen molar-refractivity contribution in [2.75, 3.05) is 13.1 Å². The van der Waals surface area contributed by atoms with Gasteiger partial charge in [0.2, 0.25) is 0 Å². The van der Waals surface area contributed by atoms with Crippen LogP contribution in [0.25, 0.3) is 50.3 Å². The summed E-state index contributed by atoms with van der Waals surface area (Å²) in [5.74, 6) is 0.324. The molecule has 0 atom stereocenters. The van der Waals surface area contributed by atoms with Crippen molar-refractivity contribution in [2.24, 2.45) is 0 Å². The third-order valence-corrected chi connectivity index (χ3v) is 5.78. The summed E-state index contributed by atoms with van der Waals surface area (Å²) in [4.78, 5) is 12.4. The van der Waals surface area contributed by atoms with Crippen LogP contribution in [0.1, 0.15) is 12.0 Å². The van der Waals surface area contributed by atoms with Crippen LogP contribution in [-0.2, 0) is 0 Å². The van der Waals surface area contributed by atoms with Gasteiger partial charge in [0.1, 0.15) is 11.5 Å². The largest absolute Gasteiger partial charge is 0.335 e. The Kier molecular flexibility index (Phi) is 4.14. The Bertz CT molecular complexity index is 1460. The zero-order valence-electron chi connectivity index (χ0n) is 16.6. The molecule has 0 bridgehead atoms. The molecule has 4 heterocycles. The van der Waals surface area contributed by atoms with E-state index in [0.29, 0.717) is 22.6 Å². The van der Waals surface area contributed by atoms with Crippen LogP contribution in [0.4, 0.5) is 4.39 Å². The van der Waals surface area contributed by atoms with Gasteiger partial charge in [0.15, 0.2) is 11.5 Å². The van der Waals surface area contributed by atoms with E-state index in [4.69, 9.17) is 0 Å². The summed E-state index contributed by atoms with van der Waals surface area (Å²) in [6.45, 7) is 1.87. The molecule has 0 spiro atoms. The van der Waals surface area contributed by atoms with Gasteiger partial charge in [-0.15, -0.1) is 0 Å². The smallest absolute Gasteiger partial charge is 0.178 e. The fourth-order valence-electron chi connectivity index (χ4n) is 4.21. The zero-order chi connectivity index (χ0) is 20.8. The van der Waals surface area contributed by atoms with E-state index < -0.39 is 0 Å². The van der Waals surface area contributed by atoms with Gasteiger partial charge in [-0.05, 0) is 48.4 Å². The number of aromatic nitrogens is 5. The molecule has 2 aromatic carbocycles. The summed E-state index contributed by atoms with van der Waals surface area (Å²) >= 11 is 0. The number of hydrogen-bond donors (Lipinski definition) is 3. The lowest BCUT2D eigenvalue weighted by Gasteiger charge is -2.14. The monoisotopic (exact) mass is 410 g/mol. The second-order valence-corrected chi connectivity index (χ2v) is 7.64. The molecule has 0 saturated heterocycles. The molecule has 0 fully saturated rings. The van der Waals surface area contributed by atoms with Gasteiger partial charge in [-0.1, -0.05) is 30.3 Å². The summed E-state index contributed by atoms with van der Waals surface area (Å²) in [6, 6.07) is 14.8. The van der Waals surface area contributed by atoms with E-state index in [1.165, 1.54) is 17.2 Å². The van der Waals surface area contributed by atoms with E-state index in [-0.39, 0.29) is 5.82 Å². The summed E-state index contributed by atoms with van der Waals surface area (Å²) in [5.41, 5.74) is 6.65. The fourth-order valence-corrected chi connectivity index (χ4v) is 4.21. The van der Waals surface area contributed by atoms with E-state index in [0.717, 1.165) is 41.7 Å². The molecule has 3 N–H and O–H groups in total. The highest BCUT2D eigenvalue weighted by Crippen LogP contribution is 2.33. The number of rotatable bonds is 3. The second kappa shape index (κ2) is 7.14. The normalized spacial score (nSPS) is 14.3. The van der Waals surface area contributed by atoms with Gasteiger partial charge in [0, 0.05) is 29.3 Å². The minimum Gasteiger partial charge on any atom is -0.335 e. The third-order valence-electron chi connectivity index (χ3n) is 5.78. The Morgan fingerprint density at radius 1 is 1.00 bits per heavy atom. The standard InChI is InChI=1S/C24H19FN6/c25-19-4-2-1-3-16(19)17-9-12-27-23-21(17)28-24(29-23)22-18-13-15(5-6-20(18)30-31-22)14-7-10-26-11-8-14/h1-7,9,12-13,26H,8,10-11H2,(H,30,31)(H,27,28,29). The Balaban J connectivity index is 1.50. The van der Waals surface area contributed by atoms with E-state index in [1.807, 2.05) is 6.07 Å². The molecule has 152 valence electrons. The SMILES string of the molecule is Fc1ccccc1-c1ccnc2nc(-c3n[nH]c4ccc(C5=CCNCC5)cc34)[nH]c12. The van der Waals surface area contributed by atoms with Crippen LogP contribution in [0.2, 0.25) is 0 Å². The number of nitrogens with one attached hydrogen (secondary N) is 3. The van der Waals surface area contributed by atoms with Gasteiger partial charge in [-0.25, -0.2) is 14.4 Å². The minimum atomic E-state index is -0.281. The van der Waals surface area contributed by atoms with Crippen LogP contribution in [0.5, 0.6) is 0 Å². The molecule has 0 radical (unpaired) electrons. The number of halogens is 1. The van der Waals surface area contributed by atoms with Crippen LogP contribution < -0.4 is 5.32 Å². The fraction of sp³-hybridized carbons (Fsp3) is 0.125. The van der Waals surface area contributed by atoms with Gasteiger partial charge in [-0.3, -0.25) is 5.10 Å². The van der Waals surface area contributed by atoms with Crippen molar-refractivity contribution >= 4 is 27.6 Å². The molecule has 0 aliphatic carbocycles. The molecule has 0 saturated carbocycles. The number of hydrogen-bond acceptors (Lipinski definition) is 4. The number of aromatic amines is 2. The molecule has 7 heteroatoms. The highest BCUT2D eigenvalue weighted by atomic mass is 19.1. The van der Waals surface area contributed by atoms with Gasteiger partial charge in [-0.2, -0.15) is 5.10 Å². The van der Waals surface area contributed by atoms with Crippen molar-refractivity contribution in [3.8, 4) is 22.6 Å². The zero-order valence-corrected chi connectivity index (χ0v) is 16.6. The van der Waals surface area contributed by atoms with Crippen molar-refractivity contribution in [2.45, 2.75) is 6.42 Å². The van der Waals surface area contributed by atoms with Crippen LogP contribution in [0.15, 0.2) is 60.8 Å². The number of imidazole rings is 1. The highest BCUT2D eigenvalue weighted by Gasteiger charge is 2.17. The maximum Gasteiger partial charge on any atom is 0.178 e. The summed E-state index contributed by atoms with van der Waals surface area (Å²) in [7, 11) is 0. The molecule has 0 amide bonds. The van der Waals surface area contributed by atoms with Gasteiger partial charge >= 0.3 is 0 Å². The first kappa shape index (κ1) is 18.0. The first-order valence-corrected chi connectivity index (χ1v) is 10.3. The molecule has 1 aliphatic heterocycles. The number of H-pyrrole nitrogens is 2. The minimum absolute atomic E-state index is 0.281. The Morgan fingerprint density at radius 3 is 2.81 bits per heavy atom. The maximum absolute atomic E-state index is 14.4. The van der Waals surface area contributed by atoms with Crippen molar-refractivity contribution in [1.29, 1.82) is 0 Å². The van der Waals surface area contributed by atoms with Crippen molar-refractivity contribution in [3.05, 3.63) is 72.2 Å². The van der Waals surface area contributed by atoms with E-state index >= 15 is 0 Å². The third kappa shape index (κ3) is 3.02. The Morgan fingerprint density at radius 2 is 1.94 bits per heavy atom. The van der Waals surface area contributed by atoms with Gasteiger partial charge < -0.3 is 10.3 Å². The molecular weight excluding hydrogens is 391 g/mol. The molecule has 5 aromatic rings. The second-order valence-electron chi connectivity index (χ2n) is 7.64. The Labute approximate surface area is 177 Å². The molecule has 0 unspecified atom stereocenters. The van der Waals surface area contributed by atoms with Crippen LogP contribution in [-0.4, -0.2) is 38.2 Å². The number of benzene rings is 2. The lowest BCUT2D eigenvalue weighted by atomic mass is 9.98. The Hall–Kier alpha value is -3.84. The first-order valence-electron chi connectivity index (χ1n) is 10.3. The number of pyridine rings is 1. The summed E-state index contributed by atoms with van der Waals surface area (Å²) in [6.07, 6.45) is 4.88. The van der Waals surface area contributed by atoms with Crippen LogP contribution >= 0.6 is 0 Å². The van der Waals surface area contributed by atoms with Crippen LogP contribution in [0, 0.1) is 5.82 Å². The molecule has 31 heavy (non-hydrogen) atoms. The van der Waals surface area contributed by atoms with Crippen LogP contribution in [0.3, 0.4) is 0 Å². The number of fused-ring (bicyclic) bond motifs is 2. The molecular formula is C24H19FN6. The lowest BCUT2D eigenvalue weighted by molar-refractivity contribution is 0.631. The topological polar surface area (TPSA) is 82.3 Å². The molecule has 3 aromatic heterocycles. The molecule has 6 nitrogen and oxygen atoms in total. The average molecular weight is 410 g/mol. The van der Waals surface area contributed by atoms with Gasteiger partial charge in [0.25, 0.3) is 0 Å². The summed E-state index contributed by atoms with van der Waals surface area (Å²) < 4.78 is 14.4. The highest BCUT2D eigenvalue weighted by molar-refractivity contribution is 5.97. The maximum atomic E-state index is 14.4. The predicted molar refractivity (Wildman–Crippen MR) is 120 cm³/mol. The molecule has 1 aliphatic rings. The van der Waals surface area contributed by atoms with E-state index in [9.17, 15) is 4.39 Å². The van der Waals surface area contributed by atoms with E-state index in [2.05, 4.69) is 54.7 Å². The lowest BCUT2D eigenvalue weighted by Crippen LogP contribution is -2.19. The first-order chi connectivity index (χ1) is 15.3. The van der Waals surface area contributed by atoms with Crippen molar-refractivity contribution in [3.63, 3.8) is 0 Å². The van der Waals surface area contributed by atoms with E-state index in [1.54, 1.807) is 24.4 Å². The van der Waals surface area contributed by atoms with Gasteiger partial charge in [0.05, 0.1) is 11.0 Å². The van der Waals surface area contributed by atoms with Crippen molar-refractivity contribution < 1.29 is 4.39 Å².